The van der Waals surface area contributed by atoms with Crippen LogP contribution >= 0.6 is 76.0 Å². The van der Waals surface area contributed by atoms with E-state index in [1.807, 2.05) is 0 Å². The quantitative estimate of drug-likeness (QED) is 0.239. The van der Waals surface area contributed by atoms with Crippen LogP contribution in [0.3, 0.4) is 0 Å². The molecule has 0 saturated heterocycles. The summed E-state index contributed by atoms with van der Waals surface area (Å²) in [5.41, 5.74) is 0. The van der Waals surface area contributed by atoms with Crippen LogP contribution in [0.5, 0.6) is 0 Å². The Morgan fingerprint density at radius 2 is 0.319 bits per heavy atom. The first kappa shape index (κ1) is 64.5. The molecule has 47 heavy (non-hydrogen) atoms. The maximum atomic E-state index is 9.32. The smallest absolute Gasteiger partial charge is 0.790 e. The van der Waals surface area contributed by atoms with Crippen LogP contribution in [0.15, 0.2) is 0 Å². The van der Waals surface area contributed by atoms with Crippen molar-refractivity contribution in [2.75, 3.05) is 107 Å². The Morgan fingerprint density at radius 3 is 0.319 bits per heavy atom. The van der Waals surface area contributed by atoms with E-state index in [4.69, 9.17) is 0 Å². The Hall–Kier alpha value is 2.50. The second kappa shape index (κ2) is 25.5. The third kappa shape index (κ3) is 250. The minimum atomic E-state index is -5.68. The van der Waals surface area contributed by atoms with Gasteiger partial charge >= 0.3 is 11.4 Å². The molecular formula is C16H56O21P10. The van der Waals surface area contributed by atoms with Gasteiger partial charge in [0.25, 0.3) is 0 Å². The van der Waals surface area contributed by atoms with E-state index in [1.54, 1.807) is 0 Å². The molecule has 0 saturated carbocycles. The molecule has 0 spiro atoms. The normalized spacial score (nSPS) is 13.0. The van der Waals surface area contributed by atoms with E-state index in [9.17, 15) is 86.1 Å². The third-order valence-corrected chi connectivity index (χ3v) is 5.40. The Bertz CT molecular complexity index is 884. The van der Waals surface area contributed by atoms with Gasteiger partial charge in [0, 0.05) is 136 Å². The fraction of sp³-hybridized carbons (Fsp3) is 1.00. The van der Waals surface area contributed by atoms with E-state index in [0.717, 1.165) is 0 Å². The van der Waals surface area contributed by atoms with E-state index in [0.29, 0.717) is 0 Å². The topological polar surface area (TPSA) is 407 Å². The Morgan fingerprint density at radius 1 is 0.277 bits per heavy atom. The van der Waals surface area contributed by atoms with Crippen molar-refractivity contribution >= 4 is 76.0 Å². The van der Waals surface area contributed by atoms with E-state index in [2.05, 4.69) is 120 Å². The van der Waals surface area contributed by atoms with Crippen LogP contribution in [0.25, 0.3) is 0 Å². The molecule has 0 aromatic heterocycles. The predicted octanol–water partition coefficient (Wildman–Crippen LogP) is -3.03. The molecule has 0 radical (unpaired) electrons. The maximum Gasteiger partial charge on any atom is 1.00 e. The lowest BCUT2D eigenvalue weighted by molar-refractivity contribution is -0.368. The van der Waals surface area contributed by atoms with Gasteiger partial charge in [-0.15, -0.1) is 0 Å². The molecule has 0 unspecified atom stereocenters. The van der Waals surface area contributed by atoms with E-state index < -0.39 is 46.9 Å². The van der Waals surface area contributed by atoms with Crippen molar-refractivity contribution in [3.8, 4) is 0 Å². The largest absolute Gasteiger partial charge is 1.00 e. The molecule has 0 fully saturated rings. The zero-order chi connectivity index (χ0) is 41.1. The van der Waals surface area contributed by atoms with Crippen molar-refractivity contribution in [1.29, 1.82) is 0 Å². The van der Waals surface area contributed by atoms with Crippen molar-refractivity contribution in [2.45, 2.75) is 0 Å². The zero-order valence-corrected chi connectivity index (χ0v) is 38.0. The van der Waals surface area contributed by atoms with E-state index in [1.165, 1.54) is 0 Å². The zero-order valence-electron chi connectivity index (χ0n) is 37.0. The molecule has 0 aliphatic carbocycles. The van der Waals surface area contributed by atoms with Crippen molar-refractivity contribution in [3.05, 3.63) is 0 Å². The second-order valence-electron chi connectivity index (χ2n) is 13.7. The van der Waals surface area contributed by atoms with Crippen LogP contribution in [-0.2, 0) is 40.3 Å². The molecule has 31 heteroatoms. The van der Waals surface area contributed by atoms with Gasteiger partial charge in [0.15, 0.2) is 0 Å². The van der Waals surface area contributed by atoms with Gasteiger partial charge < -0.3 is 99.0 Å². The first-order valence-corrected chi connectivity index (χ1v) is 34.6. The minimum absolute atomic E-state index is 0. The lowest BCUT2D eigenvalue weighted by Gasteiger charge is -2.39. The minimum Gasteiger partial charge on any atom is -0.790 e. The van der Waals surface area contributed by atoms with Gasteiger partial charge in [0.05, 0.1) is 46.9 Å². The molecule has 0 amide bonds. The number of hydrogen-bond acceptors (Lipinski definition) is 21. The van der Waals surface area contributed by atoms with Crippen LogP contribution < -0.4 is 58.7 Å². The summed E-state index contributed by atoms with van der Waals surface area (Å²) < 4.78 is 63.5. The highest BCUT2D eigenvalue weighted by Crippen LogP contribution is 2.44. The Balaban J connectivity index is -0.0000000259. The highest BCUT2D eigenvalue weighted by Gasteiger charge is 2.04. The molecular weight excluding hydrogens is 838 g/mol. The summed E-state index contributed by atoms with van der Waals surface area (Å²) in [5, 5.41) is 0. The summed E-state index contributed by atoms with van der Waals surface area (Å²) in [6, 6.07) is 0. The third-order valence-electron chi connectivity index (χ3n) is 0.600. The van der Waals surface area contributed by atoms with Crippen molar-refractivity contribution in [1.82, 2.24) is 0 Å². The predicted molar refractivity (Wildman–Crippen MR) is 180 cm³/mol. The molecule has 296 valence electrons. The number of phosphoric acid groups is 6. The van der Waals surface area contributed by atoms with Gasteiger partial charge in [-0.05, 0) is 0 Å². The first-order chi connectivity index (χ1) is 19.1. The fourth-order valence-electron chi connectivity index (χ4n) is 0.367. The van der Waals surface area contributed by atoms with E-state index in [-0.39, 0.29) is 40.5 Å². The number of rotatable bonds is 6. The summed E-state index contributed by atoms with van der Waals surface area (Å²) in [6.45, 7) is 36.8. The van der Waals surface area contributed by atoms with Crippen molar-refractivity contribution in [3.63, 3.8) is 0 Å². The Kier molecular flexibility index (Phi) is 35.0. The molecule has 0 aliphatic rings. The lowest BCUT2D eigenvalue weighted by Crippen LogP contribution is -2.23. The maximum absolute atomic E-state index is 9.32. The molecule has 21 nitrogen and oxygen atoms in total. The molecule has 0 aromatic carbocycles. The van der Waals surface area contributed by atoms with Crippen LogP contribution in [-0.4, -0.2) is 107 Å². The van der Waals surface area contributed by atoms with E-state index >= 15 is 0 Å². The van der Waals surface area contributed by atoms with Crippen molar-refractivity contribution in [2.24, 2.45) is 0 Å². The molecule has 0 aromatic rings. The molecule has 0 heterocycles. The van der Waals surface area contributed by atoms with Crippen LogP contribution in [0, 0.1) is 0 Å². The average Bonchev–Trinajstić information content (AvgIpc) is 2.35. The number of hydrogen-bond donors (Lipinski definition) is 0. The summed E-state index contributed by atoms with van der Waals surface area (Å²) in [4.78, 5) is 112. The highest BCUT2D eigenvalue weighted by molar-refractivity contribution is 7.73. The second-order valence-corrected chi connectivity index (χ2v) is 42.5. The lowest BCUT2D eigenvalue weighted by atomic mass is 11.8. The Labute approximate surface area is 293 Å². The highest BCUT2D eigenvalue weighted by atomic mass is 31.3. The summed E-state index contributed by atoms with van der Waals surface area (Å²) >= 11 is 0. The van der Waals surface area contributed by atoms with Gasteiger partial charge in [-0.25, -0.2) is 0 Å². The standard InChI is InChI=1S/4C4H12P.3H4O7P2/c4*1-5(2,3)4;3*1-8(2,3)7-9(4,5)6/h4*1-4H3;3*(H2,1,2,3)(H2,4,5,6)/q4*+1;;;/p-4. The molecule has 0 rings (SSSR count). The first-order valence-electron chi connectivity index (χ1n) is 11.5. The van der Waals surface area contributed by atoms with Crippen molar-refractivity contribution < 1.29 is 110 Å². The molecule has 0 bridgehead atoms. The summed E-state index contributed by atoms with van der Waals surface area (Å²) in [6.07, 6.45) is 0. The van der Waals surface area contributed by atoms with Crippen LogP contribution in [0.1, 0.15) is 11.4 Å². The summed E-state index contributed by atoms with van der Waals surface area (Å²) in [7, 11) is -35.6. The summed E-state index contributed by atoms with van der Waals surface area (Å²) in [5.74, 6) is 0. The van der Waals surface area contributed by atoms with Gasteiger partial charge in [0.1, 0.15) is 0 Å². The molecule has 0 aliphatic heterocycles. The van der Waals surface area contributed by atoms with Gasteiger partial charge in [0.2, 0.25) is 0 Å². The van der Waals surface area contributed by atoms with Gasteiger partial charge in [-0.1, -0.05) is 0 Å². The fourth-order valence-corrected chi connectivity index (χ4v) is 3.31. The monoisotopic (exact) mass is 894 g/mol. The van der Waals surface area contributed by atoms with Gasteiger partial charge in [-0.2, -0.15) is 0 Å². The van der Waals surface area contributed by atoms with Crippen LogP contribution in [0.2, 0.25) is 0 Å². The van der Waals surface area contributed by atoms with Gasteiger partial charge in [-0.3, -0.25) is 0 Å². The SMILES string of the molecule is C[P+](C)(C)C.C[P+](C)(C)C.C[P+](C)(C)C.C[P+](C)(C)C.O=P([O-])([O-])OP(=O)([O-])[O-].O=P([O-])([O-])OP(=O)([O-])[O-].O=P([O-])([O-])OP(=O)([O-])[O-].[H+].[H+].[H+].[H+].[H+].[H+].[H+].[H+]. The molecule has 0 N–H and O–H groups in total. The average molecular weight is 894 g/mol. The van der Waals surface area contributed by atoms with Crippen LogP contribution in [0.4, 0.5) is 0 Å². The molecule has 0 atom stereocenters.